The van der Waals surface area contributed by atoms with Gasteiger partial charge in [0.05, 0.1) is 13.4 Å². The van der Waals surface area contributed by atoms with Gasteiger partial charge in [0, 0.05) is 422 Å². The van der Waals surface area contributed by atoms with Crippen LogP contribution in [0.25, 0.3) is 0 Å². The summed E-state index contributed by atoms with van der Waals surface area (Å²) in [7, 11) is 3.13. The van der Waals surface area contributed by atoms with Crippen LogP contribution in [0.15, 0.2) is 12.8 Å². The quantitative estimate of drug-likeness (QED) is 0.204. The first kappa shape index (κ1) is 167. The van der Waals surface area contributed by atoms with Crippen LogP contribution in [0, 0.1) is 427 Å². The second-order valence-corrected chi connectivity index (χ2v) is 2.45. The largest absolute Gasteiger partial charge is 0.505 e. The van der Waals surface area contributed by atoms with Gasteiger partial charge >= 0.3 is 0 Å². The van der Waals surface area contributed by atoms with Crippen LogP contribution in [0.3, 0.4) is 0 Å². The van der Waals surface area contributed by atoms with Crippen LogP contribution in [0.2, 0.25) is 0 Å². The zero-order valence-corrected chi connectivity index (χ0v) is 27.0. The molecule has 0 N–H and O–H groups in total. The normalized spacial score (nSPS) is 2.81. The smallest absolute Gasteiger partial charge is 0.107 e. The Morgan fingerprint density at radius 2 is 0.667 bits per heavy atom. The third-order valence-electron chi connectivity index (χ3n) is 0.394. The number of hydrogen-bond donors (Lipinski definition) is 0. The van der Waals surface area contributed by atoms with Crippen molar-refractivity contribution in [3.8, 4) is 12.3 Å². The summed E-state index contributed by atoms with van der Waals surface area (Å²) < 4.78 is 8.76. The zero-order chi connectivity index (χ0) is 16.9. The Labute approximate surface area is 566 Å². The van der Waals surface area contributed by atoms with Crippen LogP contribution in [0.1, 0.15) is 113 Å². The molecule has 0 heterocycles. The van der Waals surface area contributed by atoms with Gasteiger partial charge in [-0.2, -0.15) is 0 Å². The van der Waals surface area contributed by atoms with E-state index in [0.29, 0.717) is 6.61 Å². The van der Waals surface area contributed by atoms with Crippen LogP contribution in [-0.4, -0.2) is 20.8 Å². The first-order valence-corrected chi connectivity index (χ1v) is 7.22. The molecule has 0 radical (unpaired) electrons. The van der Waals surface area contributed by atoms with Crippen LogP contribution < -0.4 is 0 Å². The van der Waals surface area contributed by atoms with Gasteiger partial charge in [0.2, 0.25) is 0 Å². The van der Waals surface area contributed by atoms with E-state index in [-0.39, 0.29) is 460 Å². The number of methoxy groups -OCH3 is 2. The van der Waals surface area contributed by atoms with Crippen molar-refractivity contribution in [3.05, 3.63) is 12.8 Å². The van der Waals surface area contributed by atoms with Gasteiger partial charge in [-0.15, -0.1) is 6.42 Å². The van der Waals surface area contributed by atoms with Crippen molar-refractivity contribution in [2.75, 3.05) is 20.8 Å². The van der Waals surface area contributed by atoms with Crippen LogP contribution in [0.5, 0.6) is 0 Å². The maximum absolute atomic E-state index is 4.76. The monoisotopic (exact) mass is 812 g/mol. The molecule has 36 heavy (non-hydrogen) atoms. The molecule has 0 spiro atoms. The molecular weight excluding hydrogens is 748 g/mol. The summed E-state index contributed by atoms with van der Waals surface area (Å²) in [5, 5.41) is 0. The summed E-state index contributed by atoms with van der Waals surface area (Å²) in [5.74, 6) is 2.30. The SMILES string of the molecule is C.C.C.C.C.C.C#CCOC.C=COC.CC.CC.CCC.CCC.[Ar].[Ar].[Ar].[Ar].[Ar].[Ar].[Ar].[Ar].[Ar].[Ar].[Ar]. The second kappa shape index (κ2) is 266. The summed E-state index contributed by atoms with van der Waals surface area (Å²) in [4.78, 5) is 0. The number of terminal acetylenes is 1. The van der Waals surface area contributed by atoms with Crippen LogP contribution >= 0.6 is 0 Å². The van der Waals surface area contributed by atoms with Crippen molar-refractivity contribution in [2.24, 2.45) is 0 Å². The second-order valence-electron chi connectivity index (χ2n) is 2.45. The topological polar surface area (TPSA) is 18.5 Å². The summed E-state index contributed by atoms with van der Waals surface area (Å²) in [6.07, 6.45) is 8.64. The van der Waals surface area contributed by atoms with Gasteiger partial charge in [0.15, 0.2) is 0 Å². The molecule has 0 aliphatic carbocycles. The fraction of sp³-hybridized carbons (Fsp3) is 0.826. The van der Waals surface area contributed by atoms with Gasteiger partial charge in [0.1, 0.15) is 6.61 Å². The molecule has 0 aromatic carbocycles. The molecule has 0 aliphatic rings. The molecule has 0 saturated carbocycles. The number of ether oxygens (including phenoxy) is 2. The minimum absolute atomic E-state index is 0. The Balaban J connectivity index is -0.00000000249. The van der Waals surface area contributed by atoms with E-state index in [1.807, 2.05) is 27.7 Å². The summed E-state index contributed by atoms with van der Waals surface area (Å²) in [5.41, 5.74) is 0. The minimum Gasteiger partial charge on any atom is -0.505 e. The van der Waals surface area contributed by atoms with E-state index in [9.17, 15) is 0 Å². The van der Waals surface area contributed by atoms with Crippen LogP contribution in [-0.2, 0) is 9.47 Å². The minimum atomic E-state index is 0. The number of rotatable bonds is 2. The number of hydrogen-bond acceptors (Lipinski definition) is 2. The molecule has 0 unspecified atom stereocenters. The zero-order valence-electron chi connectivity index (χ0n) is 19.2. The average molecular weight is 812 g/mol. The van der Waals surface area contributed by atoms with E-state index >= 15 is 0 Å². The molecule has 0 aromatic heterocycles. The Morgan fingerprint density at radius 3 is 0.667 bits per heavy atom. The standard InChI is InChI=1S/C4H6O.C3H6O.2C3H8.2C2H6.6CH4.11Ar/c1-3-4-5-2;1-3-4-2;2*1-3-2;2*1-2;;;;;;;;;;;;;;;;;/h1H,4H2,2H3;3H,1H2,2H3;2*3H2,1-2H3;2*1-2H3;6*1H4;;;;;;;;;;;. The van der Waals surface area contributed by atoms with E-state index in [1.165, 1.54) is 19.1 Å². The molecule has 0 fully saturated rings. The third kappa shape index (κ3) is 390. The van der Waals surface area contributed by atoms with Gasteiger partial charge in [-0.1, -0.05) is 125 Å². The van der Waals surface area contributed by atoms with Crippen molar-refractivity contribution in [3.63, 3.8) is 0 Å². The Hall–Kier alpha value is 12.9. The summed E-state index contributed by atoms with van der Waals surface area (Å²) >= 11 is 0. The van der Waals surface area contributed by atoms with Gasteiger partial charge < -0.3 is 9.47 Å². The van der Waals surface area contributed by atoms with E-state index < -0.39 is 0 Å². The average Bonchev–Trinajstić information content (AvgIpc) is 2.46. The van der Waals surface area contributed by atoms with Crippen molar-refractivity contribution in [2.45, 2.75) is 113 Å². The predicted molar refractivity (Wildman–Crippen MR) is 133 cm³/mol. The molecule has 0 aromatic rings. The molecule has 0 atom stereocenters. The summed E-state index contributed by atoms with van der Waals surface area (Å²) in [6, 6.07) is 0. The van der Waals surface area contributed by atoms with Gasteiger partial charge in [-0.3, -0.25) is 0 Å². The van der Waals surface area contributed by atoms with Crippen molar-refractivity contribution >= 4 is 0 Å². The van der Waals surface area contributed by atoms with Gasteiger partial charge in [-0.25, -0.2) is 0 Å². The van der Waals surface area contributed by atoms with Crippen LogP contribution in [0.4, 0.5) is 0 Å². The predicted octanol–water partition coefficient (Wildman–Crippen LogP) is 9.74. The van der Waals surface area contributed by atoms with Crippen molar-refractivity contribution in [1.82, 2.24) is 0 Å². The first-order valence-electron chi connectivity index (χ1n) is 7.22. The third-order valence-corrected chi connectivity index (χ3v) is 0.394. The first-order chi connectivity index (χ1) is 9.16. The fourth-order valence-corrected chi connectivity index (χ4v) is 0.0833. The molecule has 0 bridgehead atoms. The fourth-order valence-electron chi connectivity index (χ4n) is 0.0833. The molecule has 0 rings (SSSR count). The Morgan fingerprint density at radius 1 is 0.556 bits per heavy atom. The molecule has 0 amide bonds. The van der Waals surface area contributed by atoms with Gasteiger partial charge in [0.25, 0.3) is 0 Å². The molecule has 256 valence electrons. The van der Waals surface area contributed by atoms with Crippen molar-refractivity contribution in [1.29, 1.82) is 0 Å². The summed E-state index contributed by atoms with van der Waals surface area (Å²) in [6.45, 7) is 20.2. The molecule has 2 nitrogen and oxygen atoms in total. The molecular formula is C23H64Ar11O2. The van der Waals surface area contributed by atoms with E-state index in [2.05, 4.69) is 49.7 Å². The van der Waals surface area contributed by atoms with E-state index in [1.54, 1.807) is 14.2 Å². The Kier molecular flexibility index (Phi) is 1230. The van der Waals surface area contributed by atoms with E-state index in [0.717, 1.165) is 0 Å². The maximum Gasteiger partial charge on any atom is 0.107 e. The van der Waals surface area contributed by atoms with Crippen molar-refractivity contribution < 1.29 is 425 Å². The molecule has 13 heteroatoms. The maximum atomic E-state index is 4.76. The van der Waals surface area contributed by atoms with Gasteiger partial charge in [-0.05, 0) is 0 Å². The Bertz CT molecular complexity index is 135. The van der Waals surface area contributed by atoms with E-state index in [4.69, 9.17) is 6.42 Å². The molecule has 0 aliphatic heterocycles. The molecule has 0 saturated heterocycles.